The van der Waals surface area contributed by atoms with Crippen LogP contribution in [-0.4, -0.2) is 0 Å². The van der Waals surface area contributed by atoms with Gasteiger partial charge in [-0.1, -0.05) is 33.6 Å². The van der Waals surface area contributed by atoms with Crippen molar-refractivity contribution in [3.8, 4) is 0 Å². The predicted molar refractivity (Wildman–Crippen MR) is 86.7 cm³/mol. The first-order valence-electron chi connectivity index (χ1n) is 4.84. The third-order valence-electron chi connectivity index (χ3n) is 2.36. The van der Waals surface area contributed by atoms with Crippen LogP contribution in [0, 0.1) is 6.92 Å². The fourth-order valence-electron chi connectivity index (χ4n) is 1.44. The van der Waals surface area contributed by atoms with Gasteiger partial charge in [-0.05, 0) is 68.1 Å². The number of halogens is 4. The quantitative estimate of drug-likeness (QED) is 0.438. The zero-order chi connectivity index (χ0) is 12.6. The molecule has 2 aromatic rings. The molecule has 1 unspecified atom stereocenters. The van der Waals surface area contributed by atoms with Crippen LogP contribution in [0.4, 0.5) is 0 Å². The van der Waals surface area contributed by atoms with Crippen LogP contribution in [0.2, 0.25) is 5.02 Å². The maximum absolute atomic E-state index is 6.11. The minimum absolute atomic E-state index is 0.183. The normalized spacial score (nSPS) is 12.8. The number of hydrogen-bond acceptors (Lipinski definition) is 1. The van der Waals surface area contributed by atoms with Crippen molar-refractivity contribution >= 4 is 70.7 Å². The van der Waals surface area contributed by atoms with E-state index in [1.165, 1.54) is 14.2 Å². The molecule has 2 rings (SSSR count). The number of hydrogen-bond donors (Lipinski definition) is 0. The van der Waals surface area contributed by atoms with Crippen LogP contribution in [0.1, 0.15) is 20.8 Å². The van der Waals surface area contributed by atoms with Crippen LogP contribution in [-0.2, 0) is 0 Å². The van der Waals surface area contributed by atoms with Crippen molar-refractivity contribution in [2.45, 2.75) is 11.8 Å². The van der Waals surface area contributed by atoms with Crippen molar-refractivity contribution < 1.29 is 0 Å². The summed E-state index contributed by atoms with van der Waals surface area (Å²) in [6, 6.07) is 8.21. The van der Waals surface area contributed by atoms with Crippen LogP contribution in [0.15, 0.2) is 32.5 Å². The zero-order valence-electron chi connectivity index (χ0n) is 8.81. The number of benzene rings is 1. The average Bonchev–Trinajstić information content (AvgIpc) is 2.62. The third-order valence-corrected chi connectivity index (χ3v) is 7.12. The number of rotatable bonds is 2. The van der Waals surface area contributed by atoms with Crippen LogP contribution >= 0.6 is 70.7 Å². The lowest BCUT2D eigenvalue weighted by atomic mass is 10.1. The van der Waals surface area contributed by atoms with Gasteiger partial charge in [0, 0.05) is 9.35 Å². The van der Waals surface area contributed by atoms with E-state index >= 15 is 0 Å². The highest BCUT2D eigenvalue weighted by Crippen LogP contribution is 2.40. The fourth-order valence-corrected chi connectivity index (χ4v) is 4.15. The highest BCUT2D eigenvalue weighted by atomic mass is 79.9. The van der Waals surface area contributed by atoms with Crippen LogP contribution < -0.4 is 0 Å². The van der Waals surface area contributed by atoms with Gasteiger partial charge >= 0.3 is 0 Å². The van der Waals surface area contributed by atoms with E-state index in [1.807, 2.05) is 12.1 Å². The van der Waals surface area contributed by atoms with Crippen molar-refractivity contribution in [2.24, 2.45) is 0 Å². The Balaban J connectivity index is 2.36. The topological polar surface area (TPSA) is 0 Å². The van der Waals surface area contributed by atoms with Crippen molar-refractivity contribution in [3.63, 3.8) is 0 Å². The third kappa shape index (κ3) is 3.16. The molecule has 5 heteroatoms. The molecule has 17 heavy (non-hydrogen) atoms. The van der Waals surface area contributed by atoms with Gasteiger partial charge < -0.3 is 0 Å². The van der Waals surface area contributed by atoms with E-state index in [0.717, 1.165) is 15.1 Å². The van der Waals surface area contributed by atoms with Gasteiger partial charge in [0.2, 0.25) is 0 Å². The zero-order valence-corrected chi connectivity index (χ0v) is 15.1. The molecule has 0 bridgehead atoms. The maximum atomic E-state index is 6.11. The van der Waals surface area contributed by atoms with Gasteiger partial charge in [-0.25, -0.2) is 0 Å². The Hall–Kier alpha value is 0.650. The summed E-state index contributed by atoms with van der Waals surface area (Å²) >= 11 is 18.5. The monoisotopic (exact) mass is 456 g/mol. The lowest BCUT2D eigenvalue weighted by Crippen LogP contribution is -1.89. The Kier molecular flexibility index (Phi) is 4.75. The Morgan fingerprint density at radius 2 is 1.94 bits per heavy atom. The van der Waals surface area contributed by atoms with Gasteiger partial charge in [-0.2, -0.15) is 0 Å². The number of thiophene rings is 1. The number of alkyl halides is 1. The van der Waals surface area contributed by atoms with Crippen LogP contribution in [0.5, 0.6) is 0 Å². The minimum Gasteiger partial charge on any atom is -0.131 e. The molecule has 0 saturated heterocycles. The summed E-state index contributed by atoms with van der Waals surface area (Å²) in [7, 11) is 0. The van der Waals surface area contributed by atoms with Crippen LogP contribution in [0.3, 0.4) is 0 Å². The number of aryl methyl sites for hydroxylation is 1. The Morgan fingerprint density at radius 1 is 1.24 bits per heavy atom. The molecule has 0 nitrogen and oxygen atoms in total. The molecule has 1 aromatic carbocycles. The standard InChI is InChI=1S/C12H8Br3ClS/c1-6-4-10(17-12(6)15)11(14)7-2-3-8(13)9(16)5-7/h2-5,11H,1H3. The maximum Gasteiger partial charge on any atom is 0.0739 e. The minimum atomic E-state index is 0.183. The van der Waals surface area contributed by atoms with Gasteiger partial charge in [-0.15, -0.1) is 11.3 Å². The molecule has 0 saturated carbocycles. The molecule has 0 N–H and O–H groups in total. The molecule has 1 aromatic heterocycles. The molecule has 1 heterocycles. The van der Waals surface area contributed by atoms with Crippen molar-refractivity contribution in [1.82, 2.24) is 0 Å². The Morgan fingerprint density at radius 3 is 2.47 bits per heavy atom. The first-order chi connectivity index (χ1) is 7.99. The molecule has 0 aliphatic rings. The summed E-state index contributed by atoms with van der Waals surface area (Å²) in [6.07, 6.45) is 0. The summed E-state index contributed by atoms with van der Waals surface area (Å²) in [5.74, 6) is 0. The van der Waals surface area contributed by atoms with Crippen LogP contribution in [0.25, 0.3) is 0 Å². The molecule has 1 atom stereocenters. The molecule has 0 aliphatic heterocycles. The summed E-state index contributed by atoms with van der Waals surface area (Å²) in [4.78, 5) is 1.45. The van der Waals surface area contributed by atoms with E-state index in [-0.39, 0.29) is 4.83 Å². The fraction of sp³-hybridized carbons (Fsp3) is 0.167. The van der Waals surface area contributed by atoms with E-state index in [2.05, 4.69) is 66.8 Å². The second kappa shape index (κ2) is 5.74. The summed E-state index contributed by atoms with van der Waals surface area (Å²) in [5, 5.41) is 0.735. The second-order valence-corrected chi connectivity index (χ2v) is 8.22. The van der Waals surface area contributed by atoms with Crippen molar-refractivity contribution in [1.29, 1.82) is 0 Å². The van der Waals surface area contributed by atoms with Crippen molar-refractivity contribution in [3.05, 3.63) is 53.6 Å². The van der Waals surface area contributed by atoms with E-state index in [4.69, 9.17) is 11.6 Å². The van der Waals surface area contributed by atoms with Gasteiger partial charge in [0.15, 0.2) is 0 Å². The highest BCUT2D eigenvalue weighted by Gasteiger charge is 2.15. The smallest absolute Gasteiger partial charge is 0.0739 e. The molecule has 0 spiro atoms. The van der Waals surface area contributed by atoms with Gasteiger partial charge in [0.1, 0.15) is 0 Å². The largest absolute Gasteiger partial charge is 0.131 e. The van der Waals surface area contributed by atoms with E-state index < -0.39 is 0 Å². The molecule has 0 fully saturated rings. The highest BCUT2D eigenvalue weighted by molar-refractivity contribution is 9.11. The lowest BCUT2D eigenvalue weighted by Gasteiger charge is -2.09. The van der Waals surface area contributed by atoms with Crippen molar-refractivity contribution in [2.75, 3.05) is 0 Å². The lowest BCUT2D eigenvalue weighted by molar-refractivity contribution is 1.22. The summed E-state index contributed by atoms with van der Waals surface area (Å²) in [6.45, 7) is 2.10. The van der Waals surface area contributed by atoms with E-state index in [0.29, 0.717) is 0 Å². The molecule has 90 valence electrons. The molecule has 0 radical (unpaired) electrons. The Bertz CT molecular complexity index is 531. The molecular weight excluding hydrogens is 451 g/mol. The summed E-state index contributed by atoms with van der Waals surface area (Å²) in [5.41, 5.74) is 2.42. The second-order valence-electron chi connectivity index (χ2n) is 3.64. The Labute approximate surface area is 135 Å². The molecule has 0 aliphatic carbocycles. The first-order valence-corrected chi connectivity index (χ1v) is 8.53. The van der Waals surface area contributed by atoms with Gasteiger partial charge in [0.25, 0.3) is 0 Å². The molecular formula is C12H8Br3ClS. The SMILES string of the molecule is Cc1cc(C(Br)c2ccc(Br)c(Cl)c2)sc1Br. The average molecular weight is 459 g/mol. The van der Waals surface area contributed by atoms with E-state index in [1.54, 1.807) is 11.3 Å². The van der Waals surface area contributed by atoms with Gasteiger partial charge in [-0.3, -0.25) is 0 Å². The molecule has 0 amide bonds. The van der Waals surface area contributed by atoms with E-state index in [9.17, 15) is 0 Å². The predicted octanol–water partition coefficient (Wildman–Crippen LogP) is 6.72. The van der Waals surface area contributed by atoms with Gasteiger partial charge in [0.05, 0.1) is 13.6 Å². The first kappa shape index (κ1) is 14.1. The summed E-state index contributed by atoms with van der Waals surface area (Å²) < 4.78 is 2.10.